The number of nitrogens with zero attached hydrogens (tertiary/aromatic N) is 21. The van der Waals surface area contributed by atoms with E-state index in [-0.39, 0.29) is 101 Å². The topological polar surface area (TPSA) is 174 Å². The quantitative estimate of drug-likeness (QED) is 0.0835. The normalized spacial score (nSPS) is 13.0. The van der Waals surface area contributed by atoms with E-state index >= 15 is 0 Å². The Balaban J connectivity index is 0.000000161. The summed E-state index contributed by atoms with van der Waals surface area (Å²) in [5.74, 6) is 10.6. The number of para-hydroxylation sites is 5. The summed E-state index contributed by atoms with van der Waals surface area (Å²) in [6.45, 7) is 40.8. The van der Waals surface area contributed by atoms with Crippen molar-refractivity contribution in [2.24, 2.45) is 0 Å². The number of pyridine rings is 1. The standard InChI is InChI=1S/2C24H26N4.C23H25N5.2C19H16N4.5Ir/c1-16(2)19-12-9-13-20(17(3)4)22(19)23-25-14-21-24(26-23)27(5)15-28(21)18-10-7-6-8-11-18;1-16(2)19-12-9-13-20(17(3)4)22(19)23-25-14-21-24(26-23)28(15-27(21)5)18-10-7-6-8-11-18;1-15(2)18-11-24-12-19(16(3)4)21(18)22-25-13-20-23(26-22)27(5)14-28(20)17-9-7-6-8-10-17;1-14-8-6-7-11-16(14)18-20-12-17-19(21-18)22(2)13-23(17)15-9-4-3-5-10-15;1-14-8-6-7-11-16(14)18-20-12-17-19(21-18)23(13-22(17)2)15-9-4-3-5-10-15;;;;;/h2*6-10,12-17H,1-5H3;6-9,11-16H,1-5H3;2*3-9,11-13H,1-2H3;;;;;/q5*-2;;;;;. The van der Waals surface area contributed by atoms with Crippen LogP contribution in [0.15, 0.2) is 250 Å². The molecular weight excluding hydrogens is 2560 g/mol. The van der Waals surface area contributed by atoms with E-state index in [1.807, 2.05) is 282 Å². The second kappa shape index (κ2) is 46.5. The van der Waals surface area contributed by atoms with Crippen LogP contribution in [0.3, 0.4) is 0 Å². The summed E-state index contributed by atoms with van der Waals surface area (Å²) in [7, 11) is 10.1. The van der Waals surface area contributed by atoms with Crippen LogP contribution in [0.25, 0.3) is 56.9 Å². The number of aromatic nitrogens is 11. The van der Waals surface area contributed by atoms with Crippen LogP contribution >= 0.6 is 0 Å². The van der Waals surface area contributed by atoms with Gasteiger partial charge < -0.3 is 49.0 Å². The molecule has 21 nitrogen and oxygen atoms in total. The van der Waals surface area contributed by atoms with Gasteiger partial charge in [0.25, 0.3) is 0 Å². The van der Waals surface area contributed by atoms with Gasteiger partial charge in [-0.3, -0.25) is 4.98 Å². The van der Waals surface area contributed by atoms with Crippen molar-refractivity contribution in [2.45, 2.75) is 132 Å². The second-order valence-corrected chi connectivity index (χ2v) is 34.6. The van der Waals surface area contributed by atoms with Crippen LogP contribution < -0.4 is 49.0 Å². The van der Waals surface area contributed by atoms with E-state index in [1.165, 1.54) is 55.6 Å². The molecule has 0 amide bonds. The molecule has 0 N–H and O–H groups in total. The number of hydrogen-bond acceptors (Lipinski definition) is 21. The van der Waals surface area contributed by atoms with Gasteiger partial charge in [-0.2, -0.15) is 185 Å². The summed E-state index contributed by atoms with van der Waals surface area (Å²) in [4.78, 5) is 73.0. The Bertz CT molecular complexity index is 6220. The number of fused-ring (bicyclic) bond motifs is 5. The van der Waals surface area contributed by atoms with Crippen LogP contribution in [0.2, 0.25) is 0 Å². The minimum absolute atomic E-state index is 0. The smallest absolute Gasteiger partial charge is 0.162 e. The van der Waals surface area contributed by atoms with Crippen molar-refractivity contribution in [1.82, 2.24) is 54.8 Å². The van der Waals surface area contributed by atoms with E-state index in [2.05, 4.69) is 227 Å². The molecule has 5 aliphatic rings. The van der Waals surface area contributed by atoms with Gasteiger partial charge in [0.05, 0.1) is 59.4 Å². The van der Waals surface area contributed by atoms with Crippen LogP contribution in [0, 0.1) is 77.5 Å². The average molecular weight is 2670 g/mol. The van der Waals surface area contributed by atoms with Gasteiger partial charge in [0.15, 0.2) is 29.1 Å². The van der Waals surface area contributed by atoms with Gasteiger partial charge in [0.2, 0.25) is 0 Å². The largest absolute Gasteiger partial charge is 0.501 e. The Labute approximate surface area is 865 Å². The molecular formula is C109H109Ir5N21-10. The van der Waals surface area contributed by atoms with Gasteiger partial charge in [-0.25, -0.2) is 49.8 Å². The van der Waals surface area contributed by atoms with Crippen molar-refractivity contribution < 1.29 is 101 Å². The zero-order chi connectivity index (χ0) is 91.1. The average Bonchev–Trinajstić information content (AvgIpc) is 1.68. The van der Waals surface area contributed by atoms with Gasteiger partial charge in [0.1, 0.15) is 29.1 Å². The fourth-order valence-electron chi connectivity index (χ4n) is 16.5. The van der Waals surface area contributed by atoms with Crippen molar-refractivity contribution in [3.05, 3.63) is 358 Å². The third-order valence-corrected chi connectivity index (χ3v) is 23.4. The molecule has 0 saturated carbocycles. The number of rotatable bonds is 16. The monoisotopic (exact) mass is 2680 g/mol. The van der Waals surface area contributed by atoms with Gasteiger partial charge in [0, 0.05) is 141 Å². The van der Waals surface area contributed by atoms with E-state index < -0.39 is 0 Å². The van der Waals surface area contributed by atoms with E-state index in [9.17, 15) is 0 Å². The fraction of sp³-hybridized carbons (Fsp3) is 0.229. The summed E-state index contributed by atoms with van der Waals surface area (Å²) >= 11 is 0. The van der Waals surface area contributed by atoms with E-state index in [0.717, 1.165) is 132 Å². The molecule has 705 valence electrons. The molecule has 0 bridgehead atoms. The predicted molar refractivity (Wildman–Crippen MR) is 530 cm³/mol. The Hall–Kier alpha value is -11.2. The van der Waals surface area contributed by atoms with Crippen LogP contribution in [-0.4, -0.2) is 90.1 Å². The fourth-order valence-corrected chi connectivity index (χ4v) is 16.5. The maximum absolute atomic E-state index is 5.04. The van der Waals surface area contributed by atoms with Gasteiger partial charge in [-0.05, 0) is 129 Å². The zero-order valence-corrected chi connectivity index (χ0v) is 91.1. The number of aryl methyl sites for hydroxylation is 2. The molecule has 0 aliphatic carbocycles. The summed E-state index contributed by atoms with van der Waals surface area (Å²) in [5.41, 5.74) is 25.2. The van der Waals surface area contributed by atoms with Gasteiger partial charge in [-0.1, -0.05) is 168 Å². The third kappa shape index (κ3) is 22.6. The number of anilines is 15. The van der Waals surface area contributed by atoms with E-state index in [4.69, 9.17) is 39.9 Å². The van der Waals surface area contributed by atoms with Crippen LogP contribution in [0.5, 0.6) is 0 Å². The van der Waals surface area contributed by atoms with Crippen LogP contribution in [-0.2, 0) is 101 Å². The van der Waals surface area contributed by atoms with E-state index in [0.29, 0.717) is 35.5 Å². The molecule has 26 heteroatoms. The first kappa shape index (κ1) is 104. The minimum Gasteiger partial charge on any atom is -0.501 e. The zero-order valence-electron chi connectivity index (χ0n) is 79.1. The van der Waals surface area contributed by atoms with Crippen molar-refractivity contribution in [1.29, 1.82) is 0 Å². The van der Waals surface area contributed by atoms with Gasteiger partial charge in [-0.15, -0.1) is 28.4 Å². The first-order valence-corrected chi connectivity index (χ1v) is 44.3. The molecule has 135 heavy (non-hydrogen) atoms. The van der Waals surface area contributed by atoms with Crippen molar-refractivity contribution in [3.8, 4) is 56.9 Å². The summed E-state index contributed by atoms with van der Waals surface area (Å²) in [6.07, 6.45) is 13.4. The molecule has 0 atom stereocenters. The predicted octanol–water partition coefficient (Wildman–Crippen LogP) is 25.0. The summed E-state index contributed by atoms with van der Waals surface area (Å²) in [5, 5.41) is 0. The van der Waals surface area contributed by atoms with Crippen molar-refractivity contribution in [3.63, 3.8) is 0 Å². The molecule has 0 fully saturated rings. The maximum atomic E-state index is 5.04. The third-order valence-electron chi connectivity index (χ3n) is 23.4. The molecule has 0 saturated heterocycles. The molecule has 20 rings (SSSR count). The molecule has 6 aromatic heterocycles. The van der Waals surface area contributed by atoms with E-state index in [1.54, 1.807) is 0 Å². The first-order valence-electron chi connectivity index (χ1n) is 44.3. The maximum Gasteiger partial charge on any atom is 0.162 e. The van der Waals surface area contributed by atoms with Crippen LogP contribution in [0.1, 0.15) is 163 Å². The number of benzene rings is 9. The molecule has 15 aromatic rings. The summed E-state index contributed by atoms with van der Waals surface area (Å²) in [6, 6.07) is 85.4. The van der Waals surface area contributed by atoms with Crippen molar-refractivity contribution >= 4 is 86.0 Å². The minimum atomic E-state index is 0. The van der Waals surface area contributed by atoms with Crippen LogP contribution in [0.4, 0.5) is 86.0 Å². The Kier molecular flexibility index (Phi) is 35.9. The molecule has 9 aromatic carbocycles. The molecule has 11 heterocycles. The Morgan fingerprint density at radius 3 is 0.756 bits per heavy atom. The molecule has 0 unspecified atom stereocenters. The second-order valence-electron chi connectivity index (χ2n) is 34.6. The number of hydrogen-bond donors (Lipinski definition) is 0. The summed E-state index contributed by atoms with van der Waals surface area (Å²) < 4.78 is 0. The molecule has 0 spiro atoms. The molecule has 5 aliphatic heterocycles. The van der Waals surface area contributed by atoms with Crippen molar-refractivity contribution in [2.75, 3.05) is 84.2 Å². The Morgan fingerprint density at radius 1 is 0.237 bits per heavy atom. The Morgan fingerprint density at radius 2 is 0.474 bits per heavy atom. The van der Waals surface area contributed by atoms with Gasteiger partial charge >= 0.3 is 0 Å². The first-order chi connectivity index (χ1) is 62.9. The molecule has 5 radical (unpaired) electrons. The SMILES string of the molecule is CC(C)c1cccc(C(C)C)c1-c1ncc2c(n1)N(C)[CH-]N2c1[c-]cccc1.CC(C)c1cccc(C(C)C)c1-c1ncc2c(n1)N(c1[c-]cccc1)[CH-]N2C.CC(C)c1cncc(C(C)C)c1-c1ncc2c(n1)N(C)[CH-]N2c1[c-]cccc1.Cc1ccccc1-c1ncc2c(n1)N(C)[CH-]N2c1[c-]cccc1.Cc1ccccc1-c1ncc2c(n1)N(c1[c-]cccc1)[CH-]N2C.[Ir].[Ir].[Ir].[Ir].[Ir].